The van der Waals surface area contributed by atoms with Crippen LogP contribution in [0.2, 0.25) is 0 Å². The van der Waals surface area contributed by atoms with Crippen molar-refractivity contribution in [3.05, 3.63) is 0 Å². The molecular formula is C12H25O6P. The van der Waals surface area contributed by atoms with Crippen molar-refractivity contribution in [1.29, 1.82) is 0 Å². The van der Waals surface area contributed by atoms with Crippen LogP contribution >= 0.6 is 7.60 Å². The summed E-state index contributed by atoms with van der Waals surface area (Å²) in [6, 6.07) is 0. The lowest BCUT2D eigenvalue weighted by Gasteiger charge is -2.12. The van der Waals surface area contributed by atoms with Crippen molar-refractivity contribution in [2.75, 3.05) is 40.2 Å². The van der Waals surface area contributed by atoms with Gasteiger partial charge in [-0.3, -0.25) is 9.36 Å². The van der Waals surface area contributed by atoms with E-state index in [1.54, 1.807) is 14.0 Å². The Morgan fingerprint density at radius 3 is 2.42 bits per heavy atom. The van der Waals surface area contributed by atoms with Crippen LogP contribution in [-0.4, -0.2) is 46.2 Å². The van der Waals surface area contributed by atoms with Gasteiger partial charge in [0.05, 0.1) is 13.2 Å². The highest BCUT2D eigenvalue weighted by molar-refractivity contribution is 7.52. The first-order valence-electron chi connectivity index (χ1n) is 6.53. The van der Waals surface area contributed by atoms with Gasteiger partial charge in [0.1, 0.15) is 6.61 Å². The highest BCUT2D eigenvalue weighted by Crippen LogP contribution is 2.43. The van der Waals surface area contributed by atoms with Crippen LogP contribution in [0.1, 0.15) is 32.6 Å². The molecule has 7 heteroatoms. The maximum Gasteiger partial charge on any atom is 0.327 e. The zero-order valence-corrected chi connectivity index (χ0v) is 12.9. The molecule has 19 heavy (non-hydrogen) atoms. The van der Waals surface area contributed by atoms with E-state index in [4.69, 9.17) is 18.5 Å². The molecule has 0 aliphatic rings. The molecule has 1 atom stereocenters. The second-order valence-electron chi connectivity index (χ2n) is 4.05. The second kappa shape index (κ2) is 11.4. The molecule has 0 radical (unpaired) electrons. The minimum atomic E-state index is -2.99. The number of rotatable bonds is 12. The first kappa shape index (κ1) is 18.6. The number of methoxy groups -OCH3 is 1. The number of esters is 1. The summed E-state index contributed by atoms with van der Waals surface area (Å²) in [5.41, 5.74) is 0. The summed E-state index contributed by atoms with van der Waals surface area (Å²) in [4.78, 5) is 11.3. The van der Waals surface area contributed by atoms with Gasteiger partial charge in [0.25, 0.3) is 0 Å². The molecule has 0 rings (SSSR count). The van der Waals surface area contributed by atoms with Gasteiger partial charge in [-0.1, -0.05) is 6.42 Å². The summed E-state index contributed by atoms with van der Waals surface area (Å²) in [7, 11) is -1.34. The molecule has 0 heterocycles. The number of carbonyl (C=O) groups is 1. The molecule has 0 aromatic rings. The summed E-state index contributed by atoms with van der Waals surface area (Å²) in [6.45, 7) is 4.36. The van der Waals surface area contributed by atoms with Gasteiger partial charge >= 0.3 is 13.6 Å². The van der Waals surface area contributed by atoms with Crippen molar-refractivity contribution in [2.24, 2.45) is 0 Å². The van der Waals surface area contributed by atoms with Crippen molar-refractivity contribution in [2.45, 2.75) is 32.6 Å². The van der Waals surface area contributed by atoms with Gasteiger partial charge in [-0.25, -0.2) is 0 Å². The van der Waals surface area contributed by atoms with Crippen LogP contribution in [0.15, 0.2) is 0 Å². The van der Waals surface area contributed by atoms with Crippen LogP contribution in [-0.2, 0) is 27.9 Å². The molecule has 0 saturated carbocycles. The fourth-order valence-electron chi connectivity index (χ4n) is 1.40. The first-order valence-corrected chi connectivity index (χ1v) is 8.52. The number of unbranched alkanes of at least 4 members (excludes halogenated alkanes) is 2. The molecule has 6 nitrogen and oxygen atoms in total. The molecule has 0 saturated heterocycles. The van der Waals surface area contributed by atoms with E-state index in [-0.39, 0.29) is 19.2 Å². The predicted octanol–water partition coefficient (Wildman–Crippen LogP) is 2.61. The number of carbonyl (C=O) groups excluding carboxylic acids is 1. The predicted molar refractivity (Wildman–Crippen MR) is 72.4 cm³/mol. The quantitative estimate of drug-likeness (QED) is 0.313. The van der Waals surface area contributed by atoms with Crippen LogP contribution in [0.3, 0.4) is 0 Å². The van der Waals surface area contributed by atoms with E-state index >= 15 is 0 Å². The molecule has 0 aliphatic heterocycles. The summed E-state index contributed by atoms with van der Waals surface area (Å²) in [5, 5.41) is 0. The van der Waals surface area contributed by atoms with E-state index in [1.165, 1.54) is 6.66 Å². The summed E-state index contributed by atoms with van der Waals surface area (Å²) >= 11 is 0. The molecule has 0 aromatic carbocycles. The molecule has 0 amide bonds. The molecule has 0 aliphatic carbocycles. The summed E-state index contributed by atoms with van der Waals surface area (Å²) in [6.07, 6.45) is 3.06. The van der Waals surface area contributed by atoms with Gasteiger partial charge in [-0.2, -0.15) is 0 Å². The molecule has 0 bridgehead atoms. The van der Waals surface area contributed by atoms with Crippen LogP contribution in [0, 0.1) is 0 Å². The van der Waals surface area contributed by atoms with Gasteiger partial charge in [-0.15, -0.1) is 0 Å². The SMILES string of the molecule is CCOP(C)(=O)OCCOC(=O)CCCCCOC. The van der Waals surface area contributed by atoms with Crippen molar-refractivity contribution in [1.82, 2.24) is 0 Å². The van der Waals surface area contributed by atoms with E-state index in [9.17, 15) is 9.36 Å². The lowest BCUT2D eigenvalue weighted by Crippen LogP contribution is -2.10. The Morgan fingerprint density at radius 2 is 1.79 bits per heavy atom. The van der Waals surface area contributed by atoms with Gasteiger partial charge in [-0.05, 0) is 19.8 Å². The highest BCUT2D eigenvalue weighted by Gasteiger charge is 2.15. The minimum absolute atomic E-state index is 0.0865. The van der Waals surface area contributed by atoms with Crippen molar-refractivity contribution in [3.63, 3.8) is 0 Å². The monoisotopic (exact) mass is 296 g/mol. The van der Waals surface area contributed by atoms with Crippen LogP contribution < -0.4 is 0 Å². The largest absolute Gasteiger partial charge is 0.463 e. The lowest BCUT2D eigenvalue weighted by atomic mass is 10.2. The Kier molecular flexibility index (Phi) is 11.2. The third-order valence-electron chi connectivity index (χ3n) is 2.27. The average molecular weight is 296 g/mol. The van der Waals surface area contributed by atoms with Crippen molar-refractivity contribution >= 4 is 13.6 Å². The van der Waals surface area contributed by atoms with Gasteiger partial charge in [0.15, 0.2) is 0 Å². The zero-order valence-electron chi connectivity index (χ0n) is 12.1. The third-order valence-corrected chi connectivity index (χ3v) is 3.64. The number of ether oxygens (including phenoxy) is 2. The molecule has 0 spiro atoms. The smallest absolute Gasteiger partial charge is 0.327 e. The van der Waals surface area contributed by atoms with Crippen molar-refractivity contribution < 1.29 is 27.9 Å². The van der Waals surface area contributed by atoms with Gasteiger partial charge < -0.3 is 18.5 Å². The molecule has 0 fully saturated rings. The Hall–Kier alpha value is -0.420. The van der Waals surface area contributed by atoms with E-state index < -0.39 is 7.60 Å². The minimum Gasteiger partial charge on any atom is -0.463 e. The van der Waals surface area contributed by atoms with E-state index in [2.05, 4.69) is 0 Å². The van der Waals surface area contributed by atoms with E-state index in [1.807, 2.05) is 0 Å². The topological polar surface area (TPSA) is 71.1 Å². The highest BCUT2D eigenvalue weighted by atomic mass is 31.2. The van der Waals surface area contributed by atoms with E-state index in [0.29, 0.717) is 19.6 Å². The lowest BCUT2D eigenvalue weighted by molar-refractivity contribution is -0.144. The molecular weight excluding hydrogens is 271 g/mol. The van der Waals surface area contributed by atoms with Gasteiger partial charge in [0, 0.05) is 26.8 Å². The maximum atomic E-state index is 11.5. The second-order valence-corrected chi connectivity index (χ2v) is 6.11. The Bertz CT molecular complexity index is 281. The number of hydrogen-bond acceptors (Lipinski definition) is 6. The average Bonchev–Trinajstić information content (AvgIpc) is 2.34. The van der Waals surface area contributed by atoms with Crippen LogP contribution in [0.25, 0.3) is 0 Å². The summed E-state index contributed by atoms with van der Waals surface area (Å²) in [5.74, 6) is -0.261. The zero-order chi connectivity index (χ0) is 14.6. The van der Waals surface area contributed by atoms with Crippen molar-refractivity contribution in [3.8, 4) is 0 Å². The van der Waals surface area contributed by atoms with Gasteiger partial charge in [0.2, 0.25) is 0 Å². The van der Waals surface area contributed by atoms with Crippen LogP contribution in [0.5, 0.6) is 0 Å². The Balaban J connectivity index is 3.46. The van der Waals surface area contributed by atoms with Crippen LogP contribution in [0.4, 0.5) is 0 Å². The standard InChI is InChI=1S/C12H25O6P/c1-4-17-19(3,14)18-11-10-16-12(13)8-6-5-7-9-15-2/h4-11H2,1-3H3. The third kappa shape index (κ3) is 12.4. The Labute approximate surface area is 115 Å². The summed E-state index contributed by atoms with van der Waals surface area (Å²) < 4.78 is 31.3. The van der Waals surface area contributed by atoms with E-state index in [0.717, 1.165) is 19.3 Å². The first-order chi connectivity index (χ1) is 9.02. The molecule has 1 unspecified atom stereocenters. The molecule has 0 aromatic heterocycles. The fourth-order valence-corrected chi connectivity index (χ4v) is 2.34. The number of hydrogen-bond donors (Lipinski definition) is 0. The Morgan fingerprint density at radius 1 is 1.05 bits per heavy atom. The molecule has 0 N–H and O–H groups in total. The normalized spacial score (nSPS) is 14.1. The fraction of sp³-hybridized carbons (Fsp3) is 0.917. The maximum absolute atomic E-state index is 11.5. The molecule has 114 valence electrons.